The summed E-state index contributed by atoms with van der Waals surface area (Å²) in [6.07, 6.45) is 0. The molecule has 0 amide bonds. The predicted molar refractivity (Wildman–Crippen MR) is 40.4 cm³/mol. The Hall–Kier alpha value is 0.0864. The summed E-state index contributed by atoms with van der Waals surface area (Å²) < 4.78 is 0. The first-order valence-corrected chi connectivity index (χ1v) is 3.18. The van der Waals surface area contributed by atoms with Crippen LogP contribution in [0.1, 0.15) is 20.7 Å². The zero-order valence-electron chi connectivity index (χ0n) is 7.40. The van der Waals surface area contributed by atoms with E-state index in [-0.39, 0.29) is 74.9 Å². The number of carboxylic acids is 2. The number of hydrogen-bond donors (Lipinski definition) is 2. The quantitative estimate of drug-likeness (QED) is 0.509. The molecule has 1 aromatic carbocycles. The van der Waals surface area contributed by atoms with Crippen molar-refractivity contribution in [2.24, 2.45) is 0 Å². The SMILES string of the molecule is O=C(O)c1ccccc1C(=O)O.[Cl-].[K+]. The average molecular weight is 241 g/mol. The van der Waals surface area contributed by atoms with E-state index >= 15 is 0 Å². The van der Waals surface area contributed by atoms with Crippen molar-refractivity contribution < 1.29 is 83.6 Å². The molecule has 0 radical (unpaired) electrons. The van der Waals surface area contributed by atoms with Crippen LogP contribution in [0.5, 0.6) is 0 Å². The third kappa shape index (κ3) is 4.08. The molecule has 6 heteroatoms. The van der Waals surface area contributed by atoms with Crippen LogP contribution in [0.3, 0.4) is 0 Å². The van der Waals surface area contributed by atoms with Crippen LogP contribution in [0.4, 0.5) is 0 Å². The minimum Gasteiger partial charge on any atom is -1.00 e. The first-order valence-electron chi connectivity index (χ1n) is 3.18. The first kappa shape index (κ1) is 16.5. The van der Waals surface area contributed by atoms with Crippen LogP contribution in [-0.2, 0) is 0 Å². The number of rotatable bonds is 2. The molecule has 0 atom stereocenters. The second-order valence-corrected chi connectivity index (χ2v) is 2.16. The van der Waals surface area contributed by atoms with Crippen molar-refractivity contribution in [3.63, 3.8) is 0 Å². The molecule has 0 aliphatic carbocycles. The number of carboxylic acid groups (broad SMARTS) is 2. The monoisotopic (exact) mass is 240 g/mol. The summed E-state index contributed by atoms with van der Waals surface area (Å²) in [5.41, 5.74) is -0.380. The third-order valence-corrected chi connectivity index (χ3v) is 1.39. The van der Waals surface area contributed by atoms with Gasteiger partial charge in [0, 0.05) is 0 Å². The fraction of sp³-hybridized carbons (Fsp3) is 0. The molecule has 0 bridgehead atoms. The van der Waals surface area contributed by atoms with Crippen LogP contribution in [0.15, 0.2) is 24.3 Å². The molecule has 0 saturated carbocycles. The second-order valence-electron chi connectivity index (χ2n) is 2.16. The normalized spacial score (nSPS) is 8.00. The molecule has 4 nitrogen and oxygen atoms in total. The van der Waals surface area contributed by atoms with E-state index in [1.807, 2.05) is 0 Å². The standard InChI is InChI=1S/C8H6O4.ClH.K/c9-7(10)5-3-1-2-4-6(5)8(11)12;;/h1-4H,(H,9,10)(H,11,12);1H;/q;;+1/p-1. The van der Waals surface area contributed by atoms with Gasteiger partial charge in [0.05, 0.1) is 11.1 Å². The Bertz CT molecular complexity index is 307. The van der Waals surface area contributed by atoms with Gasteiger partial charge >= 0.3 is 63.3 Å². The molecule has 70 valence electrons. The van der Waals surface area contributed by atoms with E-state index in [2.05, 4.69) is 0 Å². The van der Waals surface area contributed by atoms with Crippen LogP contribution >= 0.6 is 0 Å². The van der Waals surface area contributed by atoms with Crippen LogP contribution < -0.4 is 63.8 Å². The summed E-state index contributed by atoms with van der Waals surface area (Å²) in [7, 11) is 0. The summed E-state index contributed by atoms with van der Waals surface area (Å²) in [4.78, 5) is 20.9. The molecule has 1 rings (SSSR count). The maximum Gasteiger partial charge on any atom is 1.00 e. The topological polar surface area (TPSA) is 74.6 Å². The van der Waals surface area contributed by atoms with Gasteiger partial charge in [-0.25, -0.2) is 9.59 Å². The summed E-state index contributed by atoms with van der Waals surface area (Å²) in [5.74, 6) is -2.46. The fourth-order valence-electron chi connectivity index (χ4n) is 0.856. The molecule has 14 heavy (non-hydrogen) atoms. The third-order valence-electron chi connectivity index (χ3n) is 1.39. The van der Waals surface area contributed by atoms with E-state index < -0.39 is 11.9 Å². The summed E-state index contributed by atoms with van der Waals surface area (Å²) in [5, 5.41) is 17.1. The van der Waals surface area contributed by atoms with Crippen LogP contribution in [0.2, 0.25) is 0 Å². The van der Waals surface area contributed by atoms with E-state index in [9.17, 15) is 9.59 Å². The number of benzene rings is 1. The van der Waals surface area contributed by atoms with Crippen LogP contribution in [0.25, 0.3) is 0 Å². The van der Waals surface area contributed by atoms with E-state index in [1.165, 1.54) is 24.3 Å². The smallest absolute Gasteiger partial charge is 1.00 e. The van der Waals surface area contributed by atoms with Gasteiger partial charge in [-0.2, -0.15) is 0 Å². The molecule has 2 N–H and O–H groups in total. The van der Waals surface area contributed by atoms with Crippen molar-refractivity contribution >= 4 is 11.9 Å². The van der Waals surface area contributed by atoms with Crippen molar-refractivity contribution in [2.45, 2.75) is 0 Å². The van der Waals surface area contributed by atoms with Crippen molar-refractivity contribution in [1.29, 1.82) is 0 Å². The van der Waals surface area contributed by atoms with Gasteiger partial charge in [0.15, 0.2) is 0 Å². The van der Waals surface area contributed by atoms with Gasteiger partial charge in [-0.1, -0.05) is 12.1 Å². The Morgan fingerprint density at radius 1 is 0.929 bits per heavy atom. The maximum absolute atomic E-state index is 10.5. The van der Waals surface area contributed by atoms with Gasteiger partial charge in [-0.15, -0.1) is 0 Å². The molecule has 0 aromatic heterocycles. The Kier molecular flexibility index (Phi) is 8.71. The maximum atomic E-state index is 10.5. The second kappa shape index (κ2) is 7.39. The average Bonchev–Trinajstić information content (AvgIpc) is 2.04. The number of carbonyl (C=O) groups is 2. The van der Waals surface area contributed by atoms with E-state index in [0.717, 1.165) is 0 Å². The minimum absolute atomic E-state index is 0. The number of aromatic carboxylic acids is 2. The molecule has 1 aromatic rings. The number of hydrogen-bond acceptors (Lipinski definition) is 2. The van der Waals surface area contributed by atoms with E-state index in [1.54, 1.807) is 0 Å². The largest absolute Gasteiger partial charge is 1.00 e. The van der Waals surface area contributed by atoms with Crippen molar-refractivity contribution in [2.75, 3.05) is 0 Å². The molecule has 0 unspecified atom stereocenters. The van der Waals surface area contributed by atoms with Crippen LogP contribution in [0, 0.1) is 0 Å². The van der Waals surface area contributed by atoms with Gasteiger partial charge < -0.3 is 22.6 Å². The number of halogens is 1. The Morgan fingerprint density at radius 3 is 1.43 bits per heavy atom. The zero-order chi connectivity index (χ0) is 9.14. The molecular weight excluding hydrogens is 235 g/mol. The molecule has 0 aliphatic rings. The van der Waals surface area contributed by atoms with Gasteiger partial charge in [-0.05, 0) is 12.1 Å². The Morgan fingerprint density at radius 2 is 1.21 bits per heavy atom. The minimum atomic E-state index is -1.23. The zero-order valence-corrected chi connectivity index (χ0v) is 11.3. The summed E-state index contributed by atoms with van der Waals surface area (Å²) in [6.45, 7) is 0. The van der Waals surface area contributed by atoms with E-state index in [0.29, 0.717) is 0 Å². The Labute approximate surface area is 129 Å². The predicted octanol–water partition coefficient (Wildman–Crippen LogP) is -4.91. The van der Waals surface area contributed by atoms with Crippen molar-refractivity contribution in [3.8, 4) is 0 Å². The Balaban J connectivity index is 0. The van der Waals surface area contributed by atoms with Gasteiger partial charge in [0.2, 0.25) is 0 Å². The van der Waals surface area contributed by atoms with Gasteiger partial charge in [0.1, 0.15) is 0 Å². The molecule has 0 spiro atoms. The molecule has 0 fully saturated rings. The van der Waals surface area contributed by atoms with Gasteiger partial charge in [-0.3, -0.25) is 0 Å². The molecule has 0 heterocycles. The summed E-state index contributed by atoms with van der Waals surface area (Å²) in [6, 6.07) is 5.48. The van der Waals surface area contributed by atoms with Crippen LogP contribution in [-0.4, -0.2) is 22.2 Å². The van der Waals surface area contributed by atoms with Crippen molar-refractivity contribution in [3.05, 3.63) is 35.4 Å². The fourth-order valence-corrected chi connectivity index (χ4v) is 0.856. The van der Waals surface area contributed by atoms with Gasteiger partial charge in [0.25, 0.3) is 0 Å². The van der Waals surface area contributed by atoms with E-state index in [4.69, 9.17) is 10.2 Å². The van der Waals surface area contributed by atoms with Crippen molar-refractivity contribution in [1.82, 2.24) is 0 Å². The molecular formula is C8H6ClKO4. The summed E-state index contributed by atoms with van der Waals surface area (Å²) >= 11 is 0. The molecule has 0 saturated heterocycles. The first-order chi connectivity index (χ1) is 5.63. The molecule has 0 aliphatic heterocycles.